The van der Waals surface area contributed by atoms with E-state index in [0.717, 1.165) is 5.56 Å². The average molecular weight is 336 g/mol. The normalized spacial score (nSPS) is 12.4. The number of hydrogen-bond donors (Lipinski definition) is 0. The molecule has 25 heavy (non-hydrogen) atoms. The fraction of sp³-hybridized carbons (Fsp3) is 0.348. The lowest BCUT2D eigenvalue weighted by Gasteiger charge is -2.19. The van der Waals surface area contributed by atoms with Crippen LogP contribution in [0.15, 0.2) is 54.6 Å². The zero-order valence-corrected chi connectivity index (χ0v) is 16.1. The summed E-state index contributed by atoms with van der Waals surface area (Å²) in [6.45, 7) is 13.0. The van der Waals surface area contributed by atoms with Gasteiger partial charge in [-0.25, -0.2) is 4.79 Å². The number of carbonyl (C=O) groups excluding carboxylic acids is 1. The van der Waals surface area contributed by atoms with Crippen molar-refractivity contribution in [1.29, 1.82) is 0 Å². The highest BCUT2D eigenvalue weighted by Gasteiger charge is 2.14. The number of rotatable bonds is 3. The van der Waals surface area contributed by atoms with Gasteiger partial charge in [0.15, 0.2) is 0 Å². The maximum Gasteiger partial charge on any atom is 0.336 e. The number of esters is 1. The summed E-state index contributed by atoms with van der Waals surface area (Å²) < 4.78 is 5.36. The largest absolute Gasteiger partial charge is 0.423 e. The lowest BCUT2D eigenvalue weighted by atomic mass is 9.87. The Kier molecular flexibility index (Phi) is 5.52. The van der Waals surface area contributed by atoms with Crippen LogP contribution in [0.5, 0.6) is 5.75 Å². The molecule has 0 unspecified atom stereocenters. The first-order valence-electron chi connectivity index (χ1n) is 8.67. The summed E-state index contributed by atoms with van der Waals surface area (Å²) in [5.74, 6) is 0.189. The van der Waals surface area contributed by atoms with Crippen LogP contribution in [0.1, 0.15) is 58.2 Å². The third-order valence-electron chi connectivity index (χ3n) is 4.13. The van der Waals surface area contributed by atoms with E-state index in [-0.39, 0.29) is 16.8 Å². The van der Waals surface area contributed by atoms with E-state index in [2.05, 4.69) is 53.7 Å². The van der Waals surface area contributed by atoms with Crippen LogP contribution >= 0.6 is 0 Å². The highest BCUT2D eigenvalue weighted by Crippen LogP contribution is 2.24. The van der Waals surface area contributed by atoms with E-state index in [1.54, 1.807) is 6.08 Å². The van der Waals surface area contributed by atoms with Crippen molar-refractivity contribution in [3.63, 3.8) is 0 Å². The van der Waals surface area contributed by atoms with Crippen LogP contribution in [0.3, 0.4) is 0 Å². The van der Waals surface area contributed by atoms with Gasteiger partial charge < -0.3 is 4.74 Å². The monoisotopic (exact) mass is 336 g/mol. The Labute approximate surface area is 151 Å². The Hall–Kier alpha value is -2.35. The smallest absolute Gasteiger partial charge is 0.336 e. The molecule has 0 heterocycles. The maximum absolute atomic E-state index is 12.0. The van der Waals surface area contributed by atoms with E-state index in [1.807, 2.05) is 36.4 Å². The van der Waals surface area contributed by atoms with Gasteiger partial charge in [0, 0.05) is 6.08 Å². The standard InChI is InChI=1S/C23H28O2/c1-22(2,3)18-10-7-17(8-11-18)9-16-21(24)25-20-14-12-19(13-15-20)23(4,5)6/h7-16H,1-6H3/b16-9+. The lowest BCUT2D eigenvalue weighted by molar-refractivity contribution is -0.128. The molecule has 0 radical (unpaired) electrons. The van der Waals surface area contributed by atoms with Crippen LogP contribution in [-0.4, -0.2) is 5.97 Å². The maximum atomic E-state index is 12.0. The zero-order valence-electron chi connectivity index (χ0n) is 16.1. The van der Waals surface area contributed by atoms with Gasteiger partial charge in [-0.15, -0.1) is 0 Å². The summed E-state index contributed by atoms with van der Waals surface area (Å²) in [6, 6.07) is 15.9. The first kappa shape index (κ1) is 19.0. The summed E-state index contributed by atoms with van der Waals surface area (Å²) in [5.41, 5.74) is 3.67. The molecule has 0 saturated heterocycles. The van der Waals surface area contributed by atoms with E-state index < -0.39 is 0 Å². The SMILES string of the molecule is CC(C)(C)c1ccc(/C=C/C(=O)Oc2ccc(C(C)(C)C)cc2)cc1. The second-order valence-corrected chi connectivity index (χ2v) is 8.40. The first-order valence-corrected chi connectivity index (χ1v) is 8.67. The van der Waals surface area contributed by atoms with Crippen molar-refractivity contribution in [2.24, 2.45) is 0 Å². The van der Waals surface area contributed by atoms with E-state index in [0.29, 0.717) is 5.75 Å². The molecule has 0 fully saturated rings. The molecular weight excluding hydrogens is 308 g/mol. The Balaban J connectivity index is 1.99. The second-order valence-electron chi connectivity index (χ2n) is 8.40. The summed E-state index contributed by atoms with van der Waals surface area (Å²) in [5, 5.41) is 0. The fourth-order valence-corrected chi connectivity index (χ4v) is 2.43. The molecule has 0 aromatic heterocycles. The fourth-order valence-electron chi connectivity index (χ4n) is 2.43. The minimum absolute atomic E-state index is 0.0850. The van der Waals surface area contributed by atoms with Gasteiger partial charge in [0.25, 0.3) is 0 Å². The van der Waals surface area contributed by atoms with Crippen molar-refractivity contribution in [3.8, 4) is 5.75 Å². The quantitative estimate of drug-likeness (QED) is 0.396. The van der Waals surface area contributed by atoms with Gasteiger partial charge in [0.1, 0.15) is 5.75 Å². The summed E-state index contributed by atoms with van der Waals surface area (Å²) in [7, 11) is 0. The van der Waals surface area contributed by atoms with Crippen molar-refractivity contribution in [1.82, 2.24) is 0 Å². The Morgan fingerprint density at radius 2 is 1.20 bits per heavy atom. The van der Waals surface area contributed by atoms with Crippen molar-refractivity contribution in [2.75, 3.05) is 0 Å². The van der Waals surface area contributed by atoms with Crippen LogP contribution in [0.4, 0.5) is 0 Å². The van der Waals surface area contributed by atoms with Crippen LogP contribution < -0.4 is 4.74 Å². The molecule has 2 nitrogen and oxygen atoms in total. The van der Waals surface area contributed by atoms with Crippen molar-refractivity contribution in [3.05, 3.63) is 71.3 Å². The van der Waals surface area contributed by atoms with Crippen LogP contribution in [0, 0.1) is 0 Å². The predicted octanol–water partition coefficient (Wildman–Crippen LogP) is 5.90. The molecule has 0 bridgehead atoms. The molecule has 2 aromatic rings. The van der Waals surface area contributed by atoms with Crippen LogP contribution in [0.2, 0.25) is 0 Å². The molecule has 0 saturated carbocycles. The van der Waals surface area contributed by atoms with Gasteiger partial charge >= 0.3 is 5.97 Å². The summed E-state index contributed by atoms with van der Waals surface area (Å²) >= 11 is 0. The van der Waals surface area contributed by atoms with E-state index in [1.165, 1.54) is 17.2 Å². The molecule has 0 spiro atoms. The third kappa shape index (κ3) is 5.60. The lowest BCUT2D eigenvalue weighted by Crippen LogP contribution is -2.11. The Morgan fingerprint density at radius 1 is 0.760 bits per heavy atom. The average Bonchev–Trinajstić information content (AvgIpc) is 2.52. The molecule has 0 aliphatic heterocycles. The Morgan fingerprint density at radius 3 is 1.64 bits per heavy atom. The minimum atomic E-state index is -0.372. The molecule has 0 amide bonds. The molecule has 2 aromatic carbocycles. The minimum Gasteiger partial charge on any atom is -0.423 e. The topological polar surface area (TPSA) is 26.3 Å². The molecule has 2 heteroatoms. The van der Waals surface area contributed by atoms with E-state index in [4.69, 9.17) is 4.74 Å². The first-order chi connectivity index (χ1) is 11.6. The zero-order chi connectivity index (χ0) is 18.7. The highest BCUT2D eigenvalue weighted by molar-refractivity contribution is 5.88. The third-order valence-corrected chi connectivity index (χ3v) is 4.13. The van der Waals surface area contributed by atoms with Gasteiger partial charge in [0.2, 0.25) is 0 Å². The number of ether oxygens (including phenoxy) is 1. The van der Waals surface area contributed by atoms with Crippen molar-refractivity contribution >= 4 is 12.0 Å². The van der Waals surface area contributed by atoms with Crippen LogP contribution in [-0.2, 0) is 15.6 Å². The number of carbonyl (C=O) groups is 1. The van der Waals surface area contributed by atoms with E-state index in [9.17, 15) is 4.79 Å². The molecule has 0 N–H and O–H groups in total. The van der Waals surface area contributed by atoms with Crippen molar-refractivity contribution < 1.29 is 9.53 Å². The molecule has 132 valence electrons. The molecule has 0 aliphatic carbocycles. The molecule has 0 aliphatic rings. The van der Waals surface area contributed by atoms with Gasteiger partial charge in [-0.1, -0.05) is 77.9 Å². The summed E-state index contributed by atoms with van der Waals surface area (Å²) in [4.78, 5) is 12.0. The van der Waals surface area contributed by atoms with Gasteiger partial charge in [-0.05, 0) is 45.7 Å². The molecule has 0 atom stereocenters. The number of benzene rings is 2. The van der Waals surface area contributed by atoms with Gasteiger partial charge in [-0.2, -0.15) is 0 Å². The van der Waals surface area contributed by atoms with Gasteiger partial charge in [-0.3, -0.25) is 0 Å². The molecule has 2 rings (SSSR count). The highest BCUT2D eigenvalue weighted by atomic mass is 16.5. The number of hydrogen-bond acceptors (Lipinski definition) is 2. The van der Waals surface area contributed by atoms with E-state index >= 15 is 0 Å². The second kappa shape index (κ2) is 7.26. The van der Waals surface area contributed by atoms with Crippen molar-refractivity contribution in [2.45, 2.75) is 52.4 Å². The summed E-state index contributed by atoms with van der Waals surface area (Å²) in [6.07, 6.45) is 3.24. The van der Waals surface area contributed by atoms with Gasteiger partial charge in [0.05, 0.1) is 0 Å². The molecular formula is C23H28O2. The Bertz CT molecular complexity index is 737. The van der Waals surface area contributed by atoms with Crippen LogP contribution in [0.25, 0.3) is 6.08 Å². The predicted molar refractivity (Wildman–Crippen MR) is 105 cm³/mol.